The highest BCUT2D eigenvalue weighted by molar-refractivity contribution is 9.10. The maximum atomic E-state index is 12.3. The second kappa shape index (κ2) is 6.80. The number of fused-ring (bicyclic) bond motifs is 1. The van der Waals surface area contributed by atoms with Crippen LogP contribution in [0, 0.1) is 0 Å². The first kappa shape index (κ1) is 16.1. The number of carbonyl (C=O) groups excluding carboxylic acids is 3. The molecule has 1 fully saturated rings. The SMILES string of the molecule is O=C(CCCN1C(=O)c2ccc(Br)cc2C1=O)NC1CCNC1. The van der Waals surface area contributed by atoms with Gasteiger partial charge in [-0.25, -0.2) is 0 Å². The third-order valence-corrected chi connectivity index (χ3v) is 4.64. The minimum atomic E-state index is -0.285. The highest BCUT2D eigenvalue weighted by Crippen LogP contribution is 2.26. The molecule has 2 aliphatic heterocycles. The van der Waals surface area contributed by atoms with Crippen LogP contribution in [0.25, 0.3) is 0 Å². The maximum absolute atomic E-state index is 12.3. The normalized spacial score (nSPS) is 20.0. The fraction of sp³-hybridized carbons (Fsp3) is 0.438. The summed E-state index contributed by atoms with van der Waals surface area (Å²) in [5.74, 6) is -0.595. The summed E-state index contributed by atoms with van der Waals surface area (Å²) < 4.78 is 0.767. The number of rotatable bonds is 5. The molecule has 1 atom stereocenters. The number of benzene rings is 1. The molecule has 1 saturated heterocycles. The van der Waals surface area contributed by atoms with E-state index in [1.54, 1.807) is 18.2 Å². The summed E-state index contributed by atoms with van der Waals surface area (Å²) in [5, 5.41) is 6.14. The first-order chi connectivity index (χ1) is 11.1. The lowest BCUT2D eigenvalue weighted by molar-refractivity contribution is -0.121. The number of nitrogens with zero attached hydrogens (tertiary/aromatic N) is 1. The molecule has 23 heavy (non-hydrogen) atoms. The number of nitrogens with one attached hydrogen (secondary N) is 2. The number of carbonyl (C=O) groups is 3. The van der Waals surface area contributed by atoms with Crippen LogP contribution in [0.3, 0.4) is 0 Å². The number of imide groups is 1. The molecular formula is C16H18BrN3O3. The second-order valence-corrected chi connectivity index (χ2v) is 6.73. The van der Waals surface area contributed by atoms with E-state index >= 15 is 0 Å². The third kappa shape index (κ3) is 3.45. The molecule has 0 saturated carbocycles. The van der Waals surface area contributed by atoms with Crippen LogP contribution in [0.5, 0.6) is 0 Å². The molecule has 6 nitrogen and oxygen atoms in total. The van der Waals surface area contributed by atoms with Crippen molar-refractivity contribution in [3.63, 3.8) is 0 Å². The van der Waals surface area contributed by atoms with Gasteiger partial charge in [0.2, 0.25) is 5.91 Å². The Hall–Kier alpha value is -1.73. The van der Waals surface area contributed by atoms with Crippen LogP contribution in [0.4, 0.5) is 0 Å². The van der Waals surface area contributed by atoms with Gasteiger partial charge in [0.15, 0.2) is 0 Å². The smallest absolute Gasteiger partial charge is 0.261 e. The lowest BCUT2D eigenvalue weighted by Gasteiger charge is -2.14. The van der Waals surface area contributed by atoms with Gasteiger partial charge < -0.3 is 10.6 Å². The van der Waals surface area contributed by atoms with Crippen molar-refractivity contribution in [2.24, 2.45) is 0 Å². The van der Waals surface area contributed by atoms with Crippen LogP contribution in [0.15, 0.2) is 22.7 Å². The van der Waals surface area contributed by atoms with Crippen molar-refractivity contribution in [3.05, 3.63) is 33.8 Å². The van der Waals surface area contributed by atoms with Crippen molar-refractivity contribution >= 4 is 33.7 Å². The summed E-state index contributed by atoms with van der Waals surface area (Å²) in [4.78, 5) is 37.6. The second-order valence-electron chi connectivity index (χ2n) is 5.81. The first-order valence-electron chi connectivity index (χ1n) is 7.72. The zero-order chi connectivity index (χ0) is 16.4. The lowest BCUT2D eigenvalue weighted by Crippen LogP contribution is -2.37. The summed E-state index contributed by atoms with van der Waals surface area (Å²) in [7, 11) is 0. The molecular weight excluding hydrogens is 362 g/mol. The molecule has 2 heterocycles. The Morgan fingerprint density at radius 2 is 2.09 bits per heavy atom. The van der Waals surface area contributed by atoms with Crippen molar-refractivity contribution in [3.8, 4) is 0 Å². The predicted octanol–water partition coefficient (Wildman–Crippen LogP) is 1.30. The van der Waals surface area contributed by atoms with Gasteiger partial charge in [0.25, 0.3) is 11.8 Å². The monoisotopic (exact) mass is 379 g/mol. The Kier molecular flexibility index (Phi) is 4.77. The summed E-state index contributed by atoms with van der Waals surface area (Å²) in [6, 6.07) is 5.25. The number of halogens is 1. The molecule has 1 unspecified atom stereocenters. The average molecular weight is 380 g/mol. The van der Waals surface area contributed by atoms with E-state index in [2.05, 4.69) is 26.6 Å². The van der Waals surface area contributed by atoms with Crippen molar-refractivity contribution in [1.29, 1.82) is 0 Å². The summed E-state index contributed by atoms with van der Waals surface area (Å²) in [5.41, 5.74) is 0.852. The van der Waals surface area contributed by atoms with Crippen LogP contribution in [0.1, 0.15) is 40.0 Å². The minimum Gasteiger partial charge on any atom is -0.352 e. The topological polar surface area (TPSA) is 78.5 Å². The van der Waals surface area contributed by atoms with E-state index in [-0.39, 0.29) is 30.3 Å². The van der Waals surface area contributed by atoms with E-state index in [4.69, 9.17) is 0 Å². The molecule has 2 N–H and O–H groups in total. The van der Waals surface area contributed by atoms with E-state index in [1.165, 1.54) is 4.90 Å². The molecule has 2 aliphatic rings. The third-order valence-electron chi connectivity index (χ3n) is 4.14. The fourth-order valence-corrected chi connectivity index (χ4v) is 3.30. The Bertz CT molecular complexity index is 656. The molecule has 1 aromatic rings. The molecule has 7 heteroatoms. The molecule has 1 aromatic carbocycles. The summed E-state index contributed by atoms with van der Waals surface area (Å²) >= 11 is 3.31. The fourth-order valence-electron chi connectivity index (χ4n) is 2.94. The van der Waals surface area contributed by atoms with Gasteiger partial charge in [-0.3, -0.25) is 19.3 Å². The highest BCUT2D eigenvalue weighted by atomic mass is 79.9. The van der Waals surface area contributed by atoms with Crippen LogP contribution in [-0.4, -0.2) is 48.3 Å². The van der Waals surface area contributed by atoms with Gasteiger partial charge in [-0.2, -0.15) is 0 Å². The number of hydrogen-bond donors (Lipinski definition) is 2. The van der Waals surface area contributed by atoms with Crippen molar-refractivity contribution in [1.82, 2.24) is 15.5 Å². The van der Waals surface area contributed by atoms with E-state index in [0.29, 0.717) is 24.0 Å². The van der Waals surface area contributed by atoms with Crippen molar-refractivity contribution in [2.45, 2.75) is 25.3 Å². The molecule has 0 spiro atoms. The first-order valence-corrected chi connectivity index (χ1v) is 8.51. The standard InChI is InChI=1S/C16H18BrN3O3/c17-10-3-4-12-13(8-10)16(23)20(15(12)22)7-1-2-14(21)19-11-5-6-18-9-11/h3-4,8,11,18H,1-2,5-7,9H2,(H,19,21). The Labute approximate surface area is 142 Å². The van der Waals surface area contributed by atoms with Gasteiger partial charge in [0.1, 0.15) is 0 Å². The summed E-state index contributed by atoms with van der Waals surface area (Å²) in [6.45, 7) is 1.99. The van der Waals surface area contributed by atoms with Gasteiger partial charge in [-0.1, -0.05) is 15.9 Å². The molecule has 3 rings (SSSR count). The molecule has 3 amide bonds. The van der Waals surface area contributed by atoms with Crippen LogP contribution < -0.4 is 10.6 Å². The van der Waals surface area contributed by atoms with Crippen LogP contribution in [-0.2, 0) is 4.79 Å². The Morgan fingerprint density at radius 1 is 1.30 bits per heavy atom. The number of amides is 3. The molecule has 122 valence electrons. The maximum Gasteiger partial charge on any atom is 0.261 e. The van der Waals surface area contributed by atoms with Crippen LogP contribution >= 0.6 is 15.9 Å². The molecule has 0 aromatic heterocycles. The average Bonchev–Trinajstić information content (AvgIpc) is 3.10. The largest absolute Gasteiger partial charge is 0.352 e. The minimum absolute atomic E-state index is 0.0296. The number of hydrogen-bond acceptors (Lipinski definition) is 4. The zero-order valence-electron chi connectivity index (χ0n) is 12.6. The molecule has 0 aliphatic carbocycles. The van der Waals surface area contributed by atoms with Gasteiger partial charge in [-0.05, 0) is 37.6 Å². The highest BCUT2D eigenvalue weighted by Gasteiger charge is 2.35. The quantitative estimate of drug-likeness (QED) is 0.755. The van der Waals surface area contributed by atoms with Gasteiger partial charge in [0.05, 0.1) is 11.1 Å². The predicted molar refractivity (Wildman–Crippen MR) is 88.2 cm³/mol. The molecule has 0 bridgehead atoms. The van der Waals surface area contributed by atoms with E-state index in [1.807, 2.05) is 0 Å². The lowest BCUT2D eigenvalue weighted by atomic mass is 10.1. The zero-order valence-corrected chi connectivity index (χ0v) is 14.2. The van der Waals surface area contributed by atoms with Crippen molar-refractivity contribution < 1.29 is 14.4 Å². The van der Waals surface area contributed by atoms with E-state index in [9.17, 15) is 14.4 Å². The van der Waals surface area contributed by atoms with Gasteiger partial charge >= 0.3 is 0 Å². The Morgan fingerprint density at radius 3 is 2.83 bits per heavy atom. The summed E-state index contributed by atoms with van der Waals surface area (Å²) in [6.07, 6.45) is 1.73. The van der Waals surface area contributed by atoms with Gasteiger partial charge in [0, 0.05) is 30.0 Å². The Balaban J connectivity index is 1.52. The van der Waals surface area contributed by atoms with Gasteiger partial charge in [-0.15, -0.1) is 0 Å². The van der Waals surface area contributed by atoms with Crippen molar-refractivity contribution in [2.75, 3.05) is 19.6 Å². The van der Waals surface area contributed by atoms with Crippen LogP contribution in [0.2, 0.25) is 0 Å². The van der Waals surface area contributed by atoms with E-state index < -0.39 is 0 Å². The van der Waals surface area contributed by atoms with E-state index in [0.717, 1.165) is 24.0 Å². The molecule has 0 radical (unpaired) electrons.